The van der Waals surface area contributed by atoms with Crippen molar-refractivity contribution < 1.29 is 30.3 Å². The Hall–Kier alpha value is -3.34. The molecule has 2 aromatic carbocycles. The smallest absolute Gasteiger partial charge is 0.194 e. The molecule has 2 aromatic rings. The lowest BCUT2D eigenvalue weighted by Gasteiger charge is -2.62. The van der Waals surface area contributed by atoms with Crippen molar-refractivity contribution in [3.63, 3.8) is 0 Å². The summed E-state index contributed by atoms with van der Waals surface area (Å²) in [7, 11) is 0. The van der Waals surface area contributed by atoms with E-state index < -0.39 is 17.9 Å². The van der Waals surface area contributed by atoms with Gasteiger partial charge in [0.05, 0.1) is 11.5 Å². The van der Waals surface area contributed by atoms with Crippen molar-refractivity contribution in [3.05, 3.63) is 84.0 Å². The molecular weight excluding hydrogens is 666 g/mol. The molecule has 0 unspecified atom stereocenters. The van der Waals surface area contributed by atoms with E-state index in [0.29, 0.717) is 30.2 Å². The largest absolute Gasteiger partial charge is 0.504 e. The second kappa shape index (κ2) is 13.4. The highest BCUT2D eigenvalue weighted by Gasteiger charge is 2.72. The molecule has 0 amide bonds. The van der Waals surface area contributed by atoms with E-state index in [1.807, 2.05) is 25.1 Å². The minimum absolute atomic E-state index is 0.00229. The van der Waals surface area contributed by atoms with Crippen molar-refractivity contribution in [1.29, 1.82) is 0 Å². The van der Waals surface area contributed by atoms with Gasteiger partial charge < -0.3 is 30.3 Å². The summed E-state index contributed by atoms with van der Waals surface area (Å²) in [5.41, 5.74) is 9.39. The number of aliphatic hydroxyl groups excluding tert-OH is 2. The molecule has 4 fully saturated rings. The van der Waals surface area contributed by atoms with Crippen LogP contribution in [-0.2, 0) is 23.7 Å². The third kappa shape index (κ3) is 5.13. The van der Waals surface area contributed by atoms with Crippen molar-refractivity contribution in [2.45, 2.75) is 112 Å². The highest BCUT2D eigenvalue weighted by atomic mass is 16.5. The number of phenols is 3. The molecule has 5 aliphatic carbocycles. The molecule has 286 valence electrons. The molecule has 3 aliphatic heterocycles. The number of aliphatic hydroxyl groups is 2. The van der Waals surface area contributed by atoms with Crippen LogP contribution in [-0.4, -0.2) is 91.5 Å². The summed E-state index contributed by atoms with van der Waals surface area (Å²) < 4.78 is 6.22. The lowest BCUT2D eigenvalue weighted by molar-refractivity contribution is -0.168. The first kappa shape index (κ1) is 36.6. The summed E-state index contributed by atoms with van der Waals surface area (Å²) in [6, 6.07) is 8.13. The Morgan fingerprint density at radius 1 is 0.887 bits per heavy atom. The van der Waals surface area contributed by atoms with Gasteiger partial charge in [0.2, 0.25) is 0 Å². The average molecular weight is 726 g/mol. The van der Waals surface area contributed by atoms with Crippen molar-refractivity contribution in [2.75, 3.05) is 26.2 Å². The molecule has 0 aromatic heterocycles. The number of hydrogen-bond donors (Lipinski definition) is 6. The van der Waals surface area contributed by atoms with Gasteiger partial charge in [0.1, 0.15) is 6.10 Å². The molecule has 1 spiro atoms. The second-order valence-electron chi connectivity index (χ2n) is 17.2. The number of aromatic hydroxyl groups is 3. The highest BCUT2D eigenvalue weighted by molar-refractivity contribution is 5.62. The second-order valence-corrected chi connectivity index (χ2v) is 17.2. The fraction of sp³-hybridized carbons (Fsp3) is 0.591. The third-order valence-electron chi connectivity index (χ3n) is 15.0. The number of phenolic OH excluding ortho intramolecular Hbond substituents is 3. The van der Waals surface area contributed by atoms with E-state index in [1.165, 1.54) is 31.4 Å². The summed E-state index contributed by atoms with van der Waals surface area (Å²) in [5.74, 6) is 2.13. The van der Waals surface area contributed by atoms with E-state index in [4.69, 9.17) is 10.5 Å². The van der Waals surface area contributed by atoms with Crippen LogP contribution in [0.4, 0.5) is 0 Å². The third-order valence-corrected chi connectivity index (χ3v) is 15.0. The van der Waals surface area contributed by atoms with Crippen molar-refractivity contribution in [3.8, 4) is 23.0 Å². The van der Waals surface area contributed by atoms with E-state index >= 15 is 0 Å². The van der Waals surface area contributed by atoms with Crippen LogP contribution in [0.25, 0.3) is 0 Å². The number of nitrogens with two attached hydrogens (primary N) is 1. The van der Waals surface area contributed by atoms with Crippen molar-refractivity contribution >= 4 is 0 Å². The Kier molecular flexibility index (Phi) is 9.29. The molecule has 9 heteroatoms. The average Bonchev–Trinajstić information content (AvgIpc) is 3.40. The number of nitrogens with zero attached hydrogens (tertiary/aromatic N) is 2. The van der Waals surface area contributed by atoms with Gasteiger partial charge in [-0.1, -0.05) is 49.8 Å². The maximum Gasteiger partial charge on any atom is 0.194 e. The molecule has 53 heavy (non-hydrogen) atoms. The van der Waals surface area contributed by atoms with Gasteiger partial charge in [0.25, 0.3) is 0 Å². The van der Waals surface area contributed by atoms with Crippen LogP contribution < -0.4 is 10.5 Å². The molecular formula is C44H59N3O6. The zero-order chi connectivity index (χ0) is 37.4. The van der Waals surface area contributed by atoms with E-state index in [0.717, 1.165) is 74.3 Å². The summed E-state index contributed by atoms with van der Waals surface area (Å²) in [6.45, 7) is 15.2. The standard InChI is InChI=1S/C21H28N2O3.C20H25NO3.C3H6/c22-21-17(25)7-5-14-15-10-13-4-6-16(24)19(26-21)18(13)20(14,21)8-9-23(15)11-12-2-1-3-12;1-3-9-21-10-8-20-12(2)16(22)7-5-14(20)15(21)11-13-4-6-17(23)19(24)18(13)20;1-3-2/h4,6,12,14-15,17,24-25H,1-3,5,7-11,22H2;3-7,12,14-16,22-24H,1,8-11H2,2H3;3H,1H2,2H3/t14-,15+,17-,20-,21-;12-,14-,15+,16-,20-;/m00./s1. The maximum atomic E-state index is 10.9. The summed E-state index contributed by atoms with van der Waals surface area (Å²) in [5, 5.41) is 52.6. The molecule has 8 aliphatic rings. The molecule has 10 atom stereocenters. The van der Waals surface area contributed by atoms with Gasteiger partial charge in [-0.15, -0.1) is 13.2 Å². The van der Waals surface area contributed by atoms with Gasteiger partial charge in [0, 0.05) is 47.6 Å². The zero-order valence-corrected chi connectivity index (χ0v) is 31.5. The lowest BCUT2D eigenvalue weighted by Crippen LogP contribution is -2.76. The molecule has 3 heterocycles. The van der Waals surface area contributed by atoms with Gasteiger partial charge >= 0.3 is 0 Å². The van der Waals surface area contributed by atoms with Crippen LogP contribution in [0.1, 0.15) is 81.0 Å². The SMILES string of the molecule is C=CC.C=CCN1CC[C@@]23c4c(ccc(O)c4O)C[C@@H]1[C@@H]2C=C[C@H](O)[C@@H]3C.N[C@@]12Oc3c(O)ccc4c3[C@@]13CCN(CC1CCC1)[C@H](C4)[C@@H]3CC[C@@H]2O. The number of ether oxygens (including phenoxy) is 1. The van der Waals surface area contributed by atoms with Gasteiger partial charge in [-0.05, 0) is 112 Å². The van der Waals surface area contributed by atoms with Crippen LogP contribution in [0.5, 0.6) is 23.0 Å². The number of likely N-dealkylation sites (tertiary alicyclic amines) is 2. The number of piperidine rings is 2. The van der Waals surface area contributed by atoms with Gasteiger partial charge in [-0.25, -0.2) is 0 Å². The summed E-state index contributed by atoms with van der Waals surface area (Å²) >= 11 is 0. The van der Waals surface area contributed by atoms with E-state index in [2.05, 4.69) is 42.0 Å². The Balaban J connectivity index is 0.000000141. The van der Waals surface area contributed by atoms with Gasteiger partial charge in [-0.3, -0.25) is 15.5 Å². The Morgan fingerprint density at radius 2 is 1.57 bits per heavy atom. The van der Waals surface area contributed by atoms with Gasteiger partial charge in [0.15, 0.2) is 28.7 Å². The summed E-state index contributed by atoms with van der Waals surface area (Å²) in [4.78, 5) is 5.17. The van der Waals surface area contributed by atoms with Crippen LogP contribution >= 0.6 is 0 Å². The molecule has 9 nitrogen and oxygen atoms in total. The van der Waals surface area contributed by atoms with E-state index in [9.17, 15) is 25.5 Å². The van der Waals surface area contributed by atoms with Crippen LogP contribution in [0.15, 0.2) is 61.7 Å². The summed E-state index contributed by atoms with van der Waals surface area (Å²) in [6.07, 6.45) is 15.9. The monoisotopic (exact) mass is 725 g/mol. The van der Waals surface area contributed by atoms with E-state index in [1.54, 1.807) is 18.2 Å². The number of benzene rings is 2. The first-order valence-electron chi connectivity index (χ1n) is 20.0. The molecule has 7 N–H and O–H groups in total. The molecule has 2 saturated heterocycles. The first-order valence-corrected chi connectivity index (χ1v) is 20.0. The molecule has 0 radical (unpaired) electrons. The first-order chi connectivity index (χ1) is 25.5. The molecule has 10 rings (SSSR count). The predicted octanol–water partition coefficient (Wildman–Crippen LogP) is 5.41. The van der Waals surface area contributed by atoms with Crippen molar-refractivity contribution in [1.82, 2.24) is 9.80 Å². The topological polar surface area (TPSA) is 143 Å². The number of allylic oxidation sites excluding steroid dienone is 1. The Labute approximate surface area is 314 Å². The lowest BCUT2D eigenvalue weighted by atomic mass is 9.49. The normalized spacial score (nSPS) is 38.6. The van der Waals surface area contributed by atoms with Crippen molar-refractivity contribution in [2.24, 2.45) is 29.4 Å². The van der Waals surface area contributed by atoms with Crippen LogP contribution in [0, 0.1) is 23.7 Å². The number of fused-ring (bicyclic) bond motifs is 1. The number of hydrogen-bond acceptors (Lipinski definition) is 9. The quantitative estimate of drug-likeness (QED) is 0.180. The molecule has 2 saturated carbocycles. The predicted molar refractivity (Wildman–Crippen MR) is 206 cm³/mol. The zero-order valence-electron chi connectivity index (χ0n) is 31.5. The number of rotatable bonds is 4. The van der Waals surface area contributed by atoms with E-state index in [-0.39, 0.29) is 39.9 Å². The Morgan fingerprint density at radius 3 is 2.26 bits per heavy atom. The minimum atomic E-state index is -1.10. The fourth-order valence-corrected chi connectivity index (χ4v) is 12.4. The maximum absolute atomic E-state index is 10.9. The Bertz CT molecular complexity index is 1790. The minimum Gasteiger partial charge on any atom is -0.504 e. The van der Waals surface area contributed by atoms with Crippen LogP contribution in [0.3, 0.4) is 0 Å². The van der Waals surface area contributed by atoms with Gasteiger partial charge in [-0.2, -0.15) is 0 Å². The van der Waals surface area contributed by atoms with Crippen LogP contribution in [0.2, 0.25) is 0 Å². The highest BCUT2D eigenvalue weighted by Crippen LogP contribution is 2.66. The molecule has 4 bridgehead atoms. The fourth-order valence-electron chi connectivity index (χ4n) is 12.4.